The summed E-state index contributed by atoms with van der Waals surface area (Å²) in [5.74, 6) is -0.0835. The van der Waals surface area contributed by atoms with Crippen molar-refractivity contribution in [2.75, 3.05) is 6.61 Å². The van der Waals surface area contributed by atoms with Gasteiger partial charge in [-0.05, 0) is 96.3 Å². The van der Waals surface area contributed by atoms with Crippen molar-refractivity contribution < 1.29 is 15.0 Å². The number of nitrogens with one attached hydrogen (secondary N) is 1. The van der Waals surface area contributed by atoms with Crippen LogP contribution < -0.4 is 5.32 Å². The topological polar surface area (TPSA) is 69.6 Å². The Balaban J connectivity index is 3.58. The third-order valence-electron chi connectivity index (χ3n) is 10.7. The molecule has 0 aliphatic carbocycles. The fraction of sp³-hybridized carbons (Fsp3) is 0.661. The lowest BCUT2D eigenvalue weighted by atomic mass is 10.0. The smallest absolute Gasteiger partial charge is 0.220 e. The molecular weight excluding hydrogens is 735 g/mol. The third-order valence-corrected chi connectivity index (χ3v) is 10.7. The lowest BCUT2D eigenvalue weighted by Gasteiger charge is -2.19. The van der Waals surface area contributed by atoms with Crippen LogP contribution in [-0.4, -0.2) is 34.9 Å². The Morgan fingerprint density at radius 1 is 0.417 bits per heavy atom. The molecule has 4 heteroatoms. The fourth-order valence-electron chi connectivity index (χ4n) is 6.92. The van der Waals surface area contributed by atoms with Gasteiger partial charge in [0.05, 0.1) is 18.8 Å². The van der Waals surface area contributed by atoms with Crippen LogP contribution in [-0.2, 0) is 4.79 Å². The Bertz CT molecular complexity index is 1170. The van der Waals surface area contributed by atoms with Crippen molar-refractivity contribution in [3.05, 3.63) is 109 Å². The number of aliphatic hydroxyl groups excluding tert-OH is 2. The SMILES string of the molecule is CC/C=C\C/C=C\C/C=C\C/C=C\C/C=C\C/C=C\CCCCCCCCCCCCCCCCC(=O)NC(CO)C(O)/C=C/CC/C=C/CC/C=C/CCCCCCC. The van der Waals surface area contributed by atoms with Gasteiger partial charge in [-0.1, -0.05) is 226 Å². The molecule has 0 aromatic heterocycles. The minimum Gasteiger partial charge on any atom is -0.394 e. The van der Waals surface area contributed by atoms with E-state index in [1.807, 2.05) is 6.08 Å². The van der Waals surface area contributed by atoms with Crippen LogP contribution in [0.2, 0.25) is 0 Å². The number of carbonyl (C=O) groups is 1. The van der Waals surface area contributed by atoms with Gasteiger partial charge in [0.25, 0.3) is 0 Å². The number of aliphatic hydroxyl groups is 2. The number of amides is 1. The molecule has 0 spiro atoms. The first-order valence-electron chi connectivity index (χ1n) is 25.1. The van der Waals surface area contributed by atoms with Gasteiger partial charge in [-0.3, -0.25) is 4.79 Å². The lowest BCUT2D eigenvalue weighted by molar-refractivity contribution is -0.123. The first-order chi connectivity index (χ1) is 29.7. The van der Waals surface area contributed by atoms with E-state index in [0.29, 0.717) is 6.42 Å². The zero-order valence-corrected chi connectivity index (χ0v) is 39.2. The monoisotopic (exact) mass is 830 g/mol. The summed E-state index contributed by atoms with van der Waals surface area (Å²) in [5, 5.41) is 23.0. The summed E-state index contributed by atoms with van der Waals surface area (Å²) in [5.41, 5.74) is 0. The van der Waals surface area contributed by atoms with Gasteiger partial charge in [-0.15, -0.1) is 0 Å². The van der Waals surface area contributed by atoms with Crippen LogP contribution >= 0.6 is 0 Å². The van der Waals surface area contributed by atoms with Gasteiger partial charge in [0, 0.05) is 6.42 Å². The molecule has 0 aromatic rings. The minimum absolute atomic E-state index is 0.0835. The van der Waals surface area contributed by atoms with E-state index in [1.54, 1.807) is 6.08 Å². The number of carbonyl (C=O) groups excluding carboxylic acids is 1. The van der Waals surface area contributed by atoms with Gasteiger partial charge in [0.2, 0.25) is 5.91 Å². The summed E-state index contributed by atoms with van der Waals surface area (Å²) in [6.07, 6.45) is 76.5. The van der Waals surface area contributed by atoms with Crippen LogP contribution in [0.5, 0.6) is 0 Å². The highest BCUT2D eigenvalue weighted by molar-refractivity contribution is 5.76. The molecule has 0 heterocycles. The molecule has 2 atom stereocenters. The molecular formula is C56H95NO3. The van der Waals surface area contributed by atoms with E-state index in [9.17, 15) is 15.0 Å². The average Bonchev–Trinajstić information content (AvgIpc) is 3.25. The number of hydrogen-bond acceptors (Lipinski definition) is 3. The summed E-state index contributed by atoms with van der Waals surface area (Å²) >= 11 is 0. The van der Waals surface area contributed by atoms with E-state index in [2.05, 4.69) is 116 Å². The molecule has 342 valence electrons. The molecule has 1 amide bonds. The van der Waals surface area contributed by atoms with Crippen LogP contribution in [0.1, 0.15) is 219 Å². The Kier molecular flexibility index (Phi) is 47.9. The maximum atomic E-state index is 12.4. The normalized spacial score (nSPS) is 13.9. The zero-order chi connectivity index (χ0) is 43.5. The van der Waals surface area contributed by atoms with Crippen LogP contribution in [0.3, 0.4) is 0 Å². The second kappa shape index (κ2) is 50.4. The molecule has 0 fully saturated rings. The van der Waals surface area contributed by atoms with Crippen molar-refractivity contribution in [3.8, 4) is 0 Å². The molecule has 60 heavy (non-hydrogen) atoms. The summed E-state index contributed by atoms with van der Waals surface area (Å²) in [6.45, 7) is 4.15. The van der Waals surface area contributed by atoms with Crippen molar-refractivity contribution in [1.82, 2.24) is 5.32 Å². The third kappa shape index (κ3) is 46.1. The second-order valence-electron chi connectivity index (χ2n) is 16.5. The molecule has 0 radical (unpaired) electrons. The van der Waals surface area contributed by atoms with Crippen molar-refractivity contribution in [3.63, 3.8) is 0 Å². The number of hydrogen-bond donors (Lipinski definition) is 3. The standard InChI is InChI=1S/C56H95NO3/c1-3-5-7-9-11-13-15-17-19-20-21-22-23-24-25-26-27-28-29-30-31-32-33-34-35-36-38-40-42-44-46-48-50-52-56(60)57-54(53-58)55(59)51-49-47-45-43-41-39-37-18-16-14-12-10-8-6-4-2/h5,7,11,13,16-19,21-22,24-25,27-28,41,43,49,51,54-55,58-59H,3-4,6,8-10,12,14-15,20,23,26,29-40,42,44-48,50,52-53H2,1-2H3,(H,57,60)/b7-5-,13-11-,18-16+,19-17-,22-21-,25-24-,28-27-,43-41+,51-49+. The number of rotatable bonds is 44. The van der Waals surface area contributed by atoms with Gasteiger partial charge in [-0.25, -0.2) is 0 Å². The molecule has 0 saturated carbocycles. The van der Waals surface area contributed by atoms with Crippen molar-refractivity contribution >= 4 is 5.91 Å². The predicted molar refractivity (Wildman–Crippen MR) is 266 cm³/mol. The van der Waals surface area contributed by atoms with Crippen LogP contribution in [0.15, 0.2) is 109 Å². The average molecular weight is 830 g/mol. The second-order valence-corrected chi connectivity index (χ2v) is 16.5. The van der Waals surface area contributed by atoms with Gasteiger partial charge in [0.1, 0.15) is 0 Å². The Morgan fingerprint density at radius 3 is 1.17 bits per heavy atom. The molecule has 0 aliphatic rings. The van der Waals surface area contributed by atoms with Gasteiger partial charge in [-0.2, -0.15) is 0 Å². The van der Waals surface area contributed by atoms with Crippen LogP contribution in [0, 0.1) is 0 Å². The van der Waals surface area contributed by atoms with Crippen LogP contribution in [0.25, 0.3) is 0 Å². The molecule has 2 unspecified atom stereocenters. The van der Waals surface area contributed by atoms with Gasteiger partial charge in [0.15, 0.2) is 0 Å². The summed E-state index contributed by atoms with van der Waals surface area (Å²) in [6, 6.07) is -0.651. The molecule has 0 aliphatic heterocycles. The highest BCUT2D eigenvalue weighted by atomic mass is 16.3. The Labute approximate surface area is 372 Å². The van der Waals surface area contributed by atoms with E-state index < -0.39 is 12.1 Å². The maximum absolute atomic E-state index is 12.4. The minimum atomic E-state index is -0.875. The summed E-state index contributed by atoms with van der Waals surface area (Å²) < 4.78 is 0. The van der Waals surface area contributed by atoms with Crippen molar-refractivity contribution in [1.29, 1.82) is 0 Å². The van der Waals surface area contributed by atoms with E-state index in [-0.39, 0.29) is 12.5 Å². The van der Waals surface area contributed by atoms with Gasteiger partial charge >= 0.3 is 0 Å². The number of unbranched alkanes of at least 4 members (excludes halogenated alkanes) is 21. The highest BCUT2D eigenvalue weighted by Crippen LogP contribution is 2.14. The van der Waals surface area contributed by atoms with Crippen molar-refractivity contribution in [2.24, 2.45) is 0 Å². The van der Waals surface area contributed by atoms with Crippen molar-refractivity contribution in [2.45, 2.75) is 231 Å². The van der Waals surface area contributed by atoms with E-state index in [1.165, 1.54) is 122 Å². The molecule has 0 saturated heterocycles. The fourth-order valence-corrected chi connectivity index (χ4v) is 6.92. The zero-order valence-electron chi connectivity index (χ0n) is 39.2. The first-order valence-corrected chi connectivity index (χ1v) is 25.1. The van der Waals surface area contributed by atoms with Gasteiger partial charge < -0.3 is 15.5 Å². The summed E-state index contributed by atoms with van der Waals surface area (Å²) in [4.78, 5) is 12.4. The quantitative estimate of drug-likeness (QED) is 0.0423. The molecule has 0 bridgehead atoms. The molecule has 3 N–H and O–H groups in total. The van der Waals surface area contributed by atoms with E-state index in [0.717, 1.165) is 77.0 Å². The first kappa shape index (κ1) is 57.1. The predicted octanol–water partition coefficient (Wildman–Crippen LogP) is 16.4. The Hall–Kier alpha value is -2.95. The summed E-state index contributed by atoms with van der Waals surface area (Å²) in [7, 11) is 0. The maximum Gasteiger partial charge on any atom is 0.220 e. The number of allylic oxidation sites excluding steroid dienone is 17. The molecule has 0 aromatic carbocycles. The Morgan fingerprint density at radius 2 is 0.750 bits per heavy atom. The van der Waals surface area contributed by atoms with E-state index in [4.69, 9.17) is 0 Å². The van der Waals surface area contributed by atoms with Crippen LogP contribution in [0.4, 0.5) is 0 Å². The van der Waals surface area contributed by atoms with E-state index >= 15 is 0 Å². The largest absolute Gasteiger partial charge is 0.394 e. The highest BCUT2D eigenvalue weighted by Gasteiger charge is 2.17. The molecule has 4 nitrogen and oxygen atoms in total. The lowest BCUT2D eigenvalue weighted by Crippen LogP contribution is -2.45. The molecule has 0 rings (SSSR count).